The Morgan fingerprint density at radius 2 is 1.14 bits per heavy atom. The van der Waals surface area contributed by atoms with E-state index in [4.69, 9.17) is 4.74 Å². The summed E-state index contributed by atoms with van der Waals surface area (Å²) < 4.78 is 5.59. The van der Waals surface area contributed by atoms with Crippen LogP contribution in [0.3, 0.4) is 0 Å². The van der Waals surface area contributed by atoms with Crippen molar-refractivity contribution in [1.82, 2.24) is 0 Å². The normalized spacial score (nSPS) is 17.8. The van der Waals surface area contributed by atoms with E-state index in [1.54, 1.807) is 13.2 Å². The van der Waals surface area contributed by atoms with Gasteiger partial charge in [0.25, 0.3) is 0 Å². The van der Waals surface area contributed by atoms with Crippen LogP contribution in [-0.4, -0.2) is 12.2 Å². The molecule has 2 heteroatoms. The van der Waals surface area contributed by atoms with Gasteiger partial charge in [-0.05, 0) is 68.8 Å². The molecule has 2 aliphatic carbocycles. The lowest BCUT2D eigenvalue weighted by molar-refractivity contribution is 0.414. The molecule has 2 aliphatic rings. The predicted molar refractivity (Wildman–Crippen MR) is 111 cm³/mol. The molecule has 1 N–H and O–H groups in total. The van der Waals surface area contributed by atoms with E-state index in [-0.39, 0.29) is 0 Å². The van der Waals surface area contributed by atoms with Crippen LogP contribution in [0.5, 0.6) is 11.5 Å². The van der Waals surface area contributed by atoms with Crippen molar-refractivity contribution in [3.05, 3.63) is 107 Å². The first kappa shape index (κ1) is 15.5. The molecule has 2 nitrogen and oxygen atoms in total. The summed E-state index contributed by atoms with van der Waals surface area (Å²) in [6.45, 7) is 0. The Hall–Kier alpha value is -3.52. The smallest absolute Gasteiger partial charge is 0.119 e. The van der Waals surface area contributed by atoms with E-state index in [0.717, 1.165) is 11.3 Å². The lowest BCUT2D eigenvalue weighted by Crippen LogP contribution is -2.25. The zero-order valence-electron chi connectivity index (χ0n) is 15.4. The van der Waals surface area contributed by atoms with E-state index in [0.29, 0.717) is 5.75 Å². The van der Waals surface area contributed by atoms with Crippen LogP contribution in [-0.2, 0) is 5.41 Å². The van der Waals surface area contributed by atoms with Gasteiger partial charge in [0, 0.05) is 0 Å². The van der Waals surface area contributed by atoms with Crippen molar-refractivity contribution in [2.75, 3.05) is 7.11 Å². The van der Waals surface area contributed by atoms with E-state index in [1.807, 2.05) is 18.2 Å². The van der Waals surface area contributed by atoms with Gasteiger partial charge in [0.15, 0.2) is 0 Å². The standard InChI is InChI=1S/C26H18O2/c1-28-17-11-13-21-19-7-3-5-9-23(19)26(25(21)15-17)22-8-4-2-6-18(22)20-12-10-16(27)14-24(20)26/h2-15,27H,1H3. The van der Waals surface area contributed by atoms with Crippen molar-refractivity contribution in [2.45, 2.75) is 5.41 Å². The third-order valence-electron chi connectivity index (χ3n) is 6.28. The lowest BCUT2D eigenvalue weighted by atomic mass is 9.70. The minimum absolute atomic E-state index is 0.291. The molecule has 6 rings (SSSR count). The van der Waals surface area contributed by atoms with Gasteiger partial charge < -0.3 is 9.84 Å². The molecule has 0 amide bonds. The fourth-order valence-electron chi connectivity index (χ4n) is 5.23. The summed E-state index contributed by atoms with van der Waals surface area (Å²) >= 11 is 0. The van der Waals surface area contributed by atoms with Crippen LogP contribution < -0.4 is 4.74 Å². The van der Waals surface area contributed by atoms with Crippen LogP contribution in [0.25, 0.3) is 22.3 Å². The first-order chi connectivity index (χ1) is 13.7. The van der Waals surface area contributed by atoms with Crippen LogP contribution in [0, 0.1) is 0 Å². The van der Waals surface area contributed by atoms with E-state index < -0.39 is 5.41 Å². The summed E-state index contributed by atoms with van der Waals surface area (Å²) in [5.41, 5.74) is 9.30. The van der Waals surface area contributed by atoms with E-state index in [9.17, 15) is 5.11 Å². The van der Waals surface area contributed by atoms with Crippen LogP contribution in [0.15, 0.2) is 84.9 Å². The molecule has 1 atom stereocenters. The van der Waals surface area contributed by atoms with Crippen molar-refractivity contribution in [3.8, 4) is 33.8 Å². The molecule has 1 spiro atoms. The minimum Gasteiger partial charge on any atom is -0.508 e. The fourth-order valence-corrected chi connectivity index (χ4v) is 5.23. The summed E-state index contributed by atoms with van der Waals surface area (Å²) in [4.78, 5) is 0. The molecule has 0 fully saturated rings. The number of rotatable bonds is 1. The molecule has 0 aromatic heterocycles. The maximum Gasteiger partial charge on any atom is 0.119 e. The molecular formula is C26H18O2. The number of methoxy groups -OCH3 is 1. The van der Waals surface area contributed by atoms with Crippen molar-refractivity contribution < 1.29 is 9.84 Å². The fraction of sp³-hybridized carbons (Fsp3) is 0.0769. The van der Waals surface area contributed by atoms with Gasteiger partial charge in [0.05, 0.1) is 12.5 Å². The SMILES string of the molecule is COc1ccc2c(c1)C1(c3ccccc3-c3ccc(O)cc31)c1ccccc1-2. The molecule has 0 aliphatic heterocycles. The molecule has 4 aromatic rings. The largest absolute Gasteiger partial charge is 0.508 e. The Labute approximate surface area is 163 Å². The number of ether oxygens (including phenoxy) is 1. The molecule has 0 bridgehead atoms. The Bertz CT molecular complexity index is 1260. The highest BCUT2D eigenvalue weighted by molar-refractivity contribution is 5.95. The molecule has 134 valence electrons. The van der Waals surface area contributed by atoms with Gasteiger partial charge >= 0.3 is 0 Å². The molecule has 4 aromatic carbocycles. The van der Waals surface area contributed by atoms with Gasteiger partial charge in [0.1, 0.15) is 11.5 Å². The summed E-state index contributed by atoms with van der Waals surface area (Å²) in [5.74, 6) is 1.14. The third kappa shape index (κ3) is 1.68. The Balaban J connectivity index is 1.85. The van der Waals surface area contributed by atoms with Gasteiger partial charge in [-0.1, -0.05) is 60.7 Å². The predicted octanol–water partition coefficient (Wildman–Crippen LogP) is 5.74. The Morgan fingerprint density at radius 1 is 0.607 bits per heavy atom. The molecular weight excluding hydrogens is 344 g/mol. The number of hydrogen-bond donors (Lipinski definition) is 1. The number of benzene rings is 4. The Morgan fingerprint density at radius 3 is 1.79 bits per heavy atom. The number of phenolic OH excluding ortho intramolecular Hbond substituents is 1. The van der Waals surface area contributed by atoms with Gasteiger partial charge in [-0.15, -0.1) is 0 Å². The summed E-state index contributed by atoms with van der Waals surface area (Å²) in [6.07, 6.45) is 0. The second kappa shape index (κ2) is 5.26. The molecule has 28 heavy (non-hydrogen) atoms. The van der Waals surface area contributed by atoms with E-state index >= 15 is 0 Å². The summed E-state index contributed by atoms with van der Waals surface area (Å²) in [7, 11) is 1.71. The van der Waals surface area contributed by atoms with Gasteiger partial charge in [-0.3, -0.25) is 0 Å². The molecule has 0 radical (unpaired) electrons. The highest BCUT2D eigenvalue weighted by atomic mass is 16.5. The zero-order valence-corrected chi connectivity index (χ0v) is 15.4. The van der Waals surface area contributed by atoms with Gasteiger partial charge in [0.2, 0.25) is 0 Å². The average Bonchev–Trinajstić information content (AvgIpc) is 3.20. The number of aromatic hydroxyl groups is 1. The van der Waals surface area contributed by atoms with Crippen LogP contribution >= 0.6 is 0 Å². The molecule has 0 saturated carbocycles. The third-order valence-corrected chi connectivity index (χ3v) is 6.28. The first-order valence-corrected chi connectivity index (χ1v) is 9.47. The zero-order chi connectivity index (χ0) is 18.9. The quantitative estimate of drug-likeness (QED) is 0.404. The second-order valence-electron chi connectivity index (χ2n) is 7.48. The Kier molecular flexibility index (Phi) is 2.92. The van der Waals surface area contributed by atoms with E-state index in [1.165, 1.54) is 38.9 Å². The number of phenols is 1. The highest BCUT2D eigenvalue weighted by Crippen LogP contribution is 2.63. The van der Waals surface area contributed by atoms with Crippen molar-refractivity contribution in [1.29, 1.82) is 0 Å². The molecule has 1 unspecified atom stereocenters. The van der Waals surface area contributed by atoms with Gasteiger partial charge in [-0.2, -0.15) is 0 Å². The van der Waals surface area contributed by atoms with Crippen molar-refractivity contribution >= 4 is 0 Å². The van der Waals surface area contributed by atoms with Crippen LogP contribution in [0.4, 0.5) is 0 Å². The lowest BCUT2D eigenvalue weighted by Gasteiger charge is -2.30. The minimum atomic E-state index is -0.439. The van der Waals surface area contributed by atoms with Crippen LogP contribution in [0.2, 0.25) is 0 Å². The monoisotopic (exact) mass is 362 g/mol. The van der Waals surface area contributed by atoms with Gasteiger partial charge in [-0.25, -0.2) is 0 Å². The maximum absolute atomic E-state index is 10.4. The summed E-state index contributed by atoms with van der Waals surface area (Å²) in [5, 5.41) is 10.4. The van der Waals surface area contributed by atoms with Crippen molar-refractivity contribution in [2.24, 2.45) is 0 Å². The second-order valence-corrected chi connectivity index (χ2v) is 7.48. The first-order valence-electron chi connectivity index (χ1n) is 9.47. The van der Waals surface area contributed by atoms with E-state index in [2.05, 4.69) is 60.7 Å². The number of hydrogen-bond acceptors (Lipinski definition) is 2. The molecule has 0 saturated heterocycles. The van der Waals surface area contributed by atoms with Crippen LogP contribution in [0.1, 0.15) is 22.3 Å². The number of fused-ring (bicyclic) bond motifs is 10. The van der Waals surface area contributed by atoms with Crippen molar-refractivity contribution in [3.63, 3.8) is 0 Å². The maximum atomic E-state index is 10.4. The average molecular weight is 362 g/mol. The molecule has 0 heterocycles. The topological polar surface area (TPSA) is 29.5 Å². The summed E-state index contributed by atoms with van der Waals surface area (Å²) in [6, 6.07) is 29.3. The highest BCUT2D eigenvalue weighted by Gasteiger charge is 2.51.